The molecule has 1 atom stereocenters. The number of nitrogens with one attached hydrogen (secondary N) is 1. The number of imidazole rings is 1. The van der Waals surface area contributed by atoms with Crippen LogP contribution in [0.4, 0.5) is 5.95 Å². The van der Waals surface area contributed by atoms with Crippen LogP contribution in [0.3, 0.4) is 0 Å². The van der Waals surface area contributed by atoms with Crippen molar-refractivity contribution in [2.24, 2.45) is 0 Å². The number of para-hydroxylation sites is 2. The summed E-state index contributed by atoms with van der Waals surface area (Å²) in [5.41, 5.74) is 3.46. The van der Waals surface area contributed by atoms with Gasteiger partial charge in [0.25, 0.3) is 0 Å². The summed E-state index contributed by atoms with van der Waals surface area (Å²) in [7, 11) is 1.37. The second-order valence-corrected chi connectivity index (χ2v) is 5.93. The van der Waals surface area contributed by atoms with E-state index >= 15 is 0 Å². The van der Waals surface area contributed by atoms with Gasteiger partial charge in [0.1, 0.15) is 0 Å². The molecule has 2 aromatic carbocycles. The maximum atomic E-state index is 11.5. The highest BCUT2D eigenvalue weighted by Crippen LogP contribution is 2.21. The number of methoxy groups -OCH3 is 1. The maximum Gasteiger partial charge on any atom is 0.337 e. The zero-order valence-electron chi connectivity index (χ0n) is 14.3. The lowest BCUT2D eigenvalue weighted by atomic mass is 10.1. The largest absolute Gasteiger partial charge is 0.465 e. The Hall–Kier alpha value is -2.86. The van der Waals surface area contributed by atoms with E-state index in [1.54, 1.807) is 19.1 Å². The second-order valence-electron chi connectivity index (χ2n) is 5.93. The van der Waals surface area contributed by atoms with E-state index in [0.717, 1.165) is 16.6 Å². The van der Waals surface area contributed by atoms with Gasteiger partial charge in [-0.1, -0.05) is 24.3 Å². The van der Waals surface area contributed by atoms with E-state index in [9.17, 15) is 9.90 Å². The summed E-state index contributed by atoms with van der Waals surface area (Å²) in [6.45, 7) is 2.75. The molecule has 0 aliphatic rings. The van der Waals surface area contributed by atoms with Crippen molar-refractivity contribution in [3.63, 3.8) is 0 Å². The Kier molecular flexibility index (Phi) is 5.00. The normalized spacial score (nSPS) is 12.1. The number of aliphatic hydroxyl groups excluding tert-OH is 1. The number of benzene rings is 2. The Morgan fingerprint density at radius 2 is 1.96 bits per heavy atom. The van der Waals surface area contributed by atoms with Gasteiger partial charge in [0, 0.05) is 6.54 Å². The van der Waals surface area contributed by atoms with Gasteiger partial charge < -0.3 is 19.7 Å². The van der Waals surface area contributed by atoms with E-state index in [1.165, 1.54) is 7.11 Å². The summed E-state index contributed by atoms with van der Waals surface area (Å²) >= 11 is 0. The first-order chi connectivity index (χ1) is 12.1. The van der Waals surface area contributed by atoms with Gasteiger partial charge in [0.05, 0.1) is 36.4 Å². The van der Waals surface area contributed by atoms with E-state index < -0.39 is 6.10 Å². The van der Waals surface area contributed by atoms with Crippen molar-refractivity contribution in [3.8, 4) is 0 Å². The number of aromatic nitrogens is 2. The number of nitrogens with zero attached hydrogens (tertiary/aromatic N) is 2. The quantitative estimate of drug-likeness (QED) is 0.675. The predicted molar refractivity (Wildman–Crippen MR) is 96.8 cm³/mol. The number of fused-ring (bicyclic) bond motifs is 1. The van der Waals surface area contributed by atoms with Crippen molar-refractivity contribution >= 4 is 23.0 Å². The lowest BCUT2D eigenvalue weighted by Gasteiger charge is -2.12. The molecule has 130 valence electrons. The minimum atomic E-state index is -0.465. The molecule has 0 aliphatic carbocycles. The topological polar surface area (TPSA) is 76.4 Å². The molecule has 0 saturated carbocycles. The Morgan fingerprint density at radius 1 is 1.24 bits per heavy atom. The third-order valence-electron chi connectivity index (χ3n) is 3.93. The van der Waals surface area contributed by atoms with Gasteiger partial charge in [0.15, 0.2) is 0 Å². The summed E-state index contributed by atoms with van der Waals surface area (Å²) < 4.78 is 6.79. The van der Waals surface area contributed by atoms with Crippen LogP contribution < -0.4 is 5.32 Å². The van der Waals surface area contributed by atoms with E-state index in [1.807, 2.05) is 36.4 Å². The monoisotopic (exact) mass is 339 g/mol. The van der Waals surface area contributed by atoms with Crippen LogP contribution in [0.2, 0.25) is 0 Å². The van der Waals surface area contributed by atoms with Crippen molar-refractivity contribution in [3.05, 3.63) is 59.7 Å². The molecule has 0 saturated heterocycles. The van der Waals surface area contributed by atoms with Crippen molar-refractivity contribution in [2.75, 3.05) is 19.0 Å². The molecule has 0 amide bonds. The van der Waals surface area contributed by atoms with E-state index in [4.69, 9.17) is 4.74 Å². The van der Waals surface area contributed by atoms with Crippen LogP contribution in [0.1, 0.15) is 22.8 Å². The molecule has 25 heavy (non-hydrogen) atoms. The van der Waals surface area contributed by atoms with Crippen LogP contribution in [0.15, 0.2) is 48.5 Å². The number of esters is 1. The number of ether oxygens (including phenoxy) is 1. The van der Waals surface area contributed by atoms with Gasteiger partial charge in [-0.2, -0.15) is 0 Å². The van der Waals surface area contributed by atoms with Gasteiger partial charge in [-0.25, -0.2) is 9.78 Å². The van der Waals surface area contributed by atoms with Gasteiger partial charge in [0.2, 0.25) is 5.95 Å². The summed E-state index contributed by atoms with van der Waals surface area (Å²) in [4.78, 5) is 16.2. The van der Waals surface area contributed by atoms with E-state index in [2.05, 4.69) is 14.9 Å². The maximum absolute atomic E-state index is 11.5. The van der Waals surface area contributed by atoms with Gasteiger partial charge in [-0.05, 0) is 36.8 Å². The first kappa shape index (κ1) is 17.0. The standard InChI is InChI=1S/C19H21N3O3/c1-13(23)11-20-19-21-16-5-3-4-6-17(16)22(19)12-14-7-9-15(10-8-14)18(24)25-2/h3-10,13,23H,11-12H2,1-2H3,(H,20,21). The summed E-state index contributed by atoms with van der Waals surface area (Å²) in [5.74, 6) is 0.359. The minimum Gasteiger partial charge on any atom is -0.465 e. The van der Waals surface area contributed by atoms with Crippen molar-refractivity contribution < 1.29 is 14.6 Å². The van der Waals surface area contributed by atoms with E-state index in [-0.39, 0.29) is 5.97 Å². The SMILES string of the molecule is COC(=O)c1ccc(Cn2c(NCC(C)O)nc3ccccc32)cc1. The average molecular weight is 339 g/mol. The molecule has 6 nitrogen and oxygen atoms in total. The fraction of sp³-hybridized carbons (Fsp3) is 0.263. The fourth-order valence-electron chi connectivity index (χ4n) is 2.66. The summed E-state index contributed by atoms with van der Waals surface area (Å²) in [6.07, 6.45) is -0.465. The van der Waals surface area contributed by atoms with Crippen LogP contribution in [0.5, 0.6) is 0 Å². The highest BCUT2D eigenvalue weighted by Gasteiger charge is 2.12. The molecule has 6 heteroatoms. The Morgan fingerprint density at radius 3 is 2.64 bits per heavy atom. The van der Waals surface area contributed by atoms with Crippen LogP contribution in [0.25, 0.3) is 11.0 Å². The molecule has 2 N–H and O–H groups in total. The molecular formula is C19H21N3O3. The zero-order valence-corrected chi connectivity index (χ0v) is 14.3. The number of hydrogen-bond donors (Lipinski definition) is 2. The van der Waals surface area contributed by atoms with Crippen LogP contribution in [0, 0.1) is 0 Å². The van der Waals surface area contributed by atoms with Gasteiger partial charge >= 0.3 is 5.97 Å². The Bertz CT molecular complexity index is 869. The van der Waals surface area contributed by atoms with Crippen LogP contribution >= 0.6 is 0 Å². The average Bonchev–Trinajstić information content (AvgIpc) is 2.97. The number of carbonyl (C=O) groups excluding carboxylic acids is 1. The highest BCUT2D eigenvalue weighted by atomic mass is 16.5. The number of aliphatic hydroxyl groups is 1. The van der Waals surface area contributed by atoms with E-state index in [0.29, 0.717) is 24.6 Å². The first-order valence-electron chi connectivity index (χ1n) is 8.13. The Balaban J connectivity index is 1.91. The number of anilines is 1. The number of carbonyl (C=O) groups is 1. The third-order valence-corrected chi connectivity index (χ3v) is 3.93. The highest BCUT2D eigenvalue weighted by molar-refractivity contribution is 5.89. The molecule has 0 radical (unpaired) electrons. The lowest BCUT2D eigenvalue weighted by Crippen LogP contribution is -2.18. The molecule has 3 aromatic rings. The molecule has 0 bridgehead atoms. The minimum absolute atomic E-state index is 0.348. The second kappa shape index (κ2) is 7.36. The third kappa shape index (κ3) is 3.80. The first-order valence-corrected chi connectivity index (χ1v) is 8.13. The number of rotatable bonds is 6. The van der Waals surface area contributed by atoms with Gasteiger partial charge in [-0.15, -0.1) is 0 Å². The zero-order chi connectivity index (χ0) is 17.8. The molecular weight excluding hydrogens is 318 g/mol. The van der Waals surface area contributed by atoms with Crippen LogP contribution in [-0.2, 0) is 11.3 Å². The summed E-state index contributed by atoms with van der Waals surface area (Å²) in [6, 6.07) is 15.2. The van der Waals surface area contributed by atoms with Crippen molar-refractivity contribution in [1.29, 1.82) is 0 Å². The van der Waals surface area contributed by atoms with Crippen molar-refractivity contribution in [1.82, 2.24) is 9.55 Å². The smallest absolute Gasteiger partial charge is 0.337 e. The lowest BCUT2D eigenvalue weighted by molar-refractivity contribution is 0.0600. The summed E-state index contributed by atoms with van der Waals surface area (Å²) in [5, 5.41) is 12.7. The van der Waals surface area contributed by atoms with Gasteiger partial charge in [-0.3, -0.25) is 0 Å². The molecule has 1 aromatic heterocycles. The Labute approximate surface area is 146 Å². The number of hydrogen-bond acceptors (Lipinski definition) is 5. The molecule has 0 aliphatic heterocycles. The molecule has 0 fully saturated rings. The molecule has 0 spiro atoms. The fourth-order valence-corrected chi connectivity index (χ4v) is 2.66. The molecule has 1 unspecified atom stereocenters. The van der Waals surface area contributed by atoms with Crippen LogP contribution in [-0.4, -0.2) is 40.4 Å². The molecule has 1 heterocycles. The van der Waals surface area contributed by atoms with Crippen molar-refractivity contribution in [2.45, 2.75) is 19.6 Å². The predicted octanol–water partition coefficient (Wildman–Crippen LogP) is 2.66. The molecule has 3 rings (SSSR count).